The molecule has 0 heterocycles. The predicted octanol–water partition coefficient (Wildman–Crippen LogP) is 3.02. The van der Waals surface area contributed by atoms with Gasteiger partial charge in [-0.05, 0) is 39.4 Å². The van der Waals surface area contributed by atoms with E-state index in [4.69, 9.17) is 22.1 Å². The fraction of sp³-hybridized carbons (Fsp3) is 0.619. The molecule has 0 bridgehead atoms. The van der Waals surface area contributed by atoms with Crippen molar-refractivity contribution < 1.29 is 14.3 Å². The number of nitrogen functional groups attached to an aromatic ring is 1. The molecule has 0 aliphatic rings. The molecule has 7 nitrogen and oxygen atoms in total. The van der Waals surface area contributed by atoms with Crippen LogP contribution in [0.1, 0.15) is 50.9 Å². The molecule has 0 aromatic heterocycles. The Morgan fingerprint density at radius 3 is 2.34 bits per heavy atom. The first-order valence-corrected chi connectivity index (χ1v) is 10.8. The Balaban J connectivity index is 2.69. The number of hydrogen-bond acceptors (Lipinski definition) is 5. The van der Waals surface area contributed by atoms with Gasteiger partial charge >= 0.3 is 0 Å². The summed E-state index contributed by atoms with van der Waals surface area (Å²) in [4.78, 5) is 28.7. The second-order valence-electron chi connectivity index (χ2n) is 6.67. The normalized spacial score (nSPS) is 10.8. The van der Waals surface area contributed by atoms with Crippen LogP contribution in [0.25, 0.3) is 0 Å². The Bertz CT molecular complexity index is 662. The monoisotopic (exact) mass is 426 g/mol. The van der Waals surface area contributed by atoms with Gasteiger partial charge in [0.1, 0.15) is 5.75 Å². The number of benzene rings is 1. The van der Waals surface area contributed by atoms with Gasteiger partial charge in [0, 0.05) is 38.7 Å². The number of nitrogens with one attached hydrogen (secondary N) is 1. The minimum absolute atomic E-state index is 0.101. The molecule has 0 spiro atoms. The van der Waals surface area contributed by atoms with Crippen LogP contribution in [0.3, 0.4) is 0 Å². The van der Waals surface area contributed by atoms with Crippen LogP contribution in [0.2, 0.25) is 5.02 Å². The van der Waals surface area contributed by atoms with Gasteiger partial charge in [0.05, 0.1) is 22.9 Å². The number of ether oxygens (including phenoxy) is 1. The lowest BCUT2D eigenvalue weighted by atomic mass is 10.1. The fourth-order valence-corrected chi connectivity index (χ4v) is 3.13. The summed E-state index contributed by atoms with van der Waals surface area (Å²) >= 11 is 6.11. The summed E-state index contributed by atoms with van der Waals surface area (Å²) in [6.45, 7) is 13.0. The minimum Gasteiger partial charge on any atom is -0.493 e. The first-order chi connectivity index (χ1) is 13.9. The summed E-state index contributed by atoms with van der Waals surface area (Å²) in [6, 6.07) is 3.09. The van der Waals surface area contributed by atoms with Crippen molar-refractivity contribution in [2.45, 2.75) is 40.5 Å². The van der Waals surface area contributed by atoms with Gasteiger partial charge in [-0.25, -0.2) is 0 Å². The summed E-state index contributed by atoms with van der Waals surface area (Å²) in [5, 5.41) is 3.21. The minimum atomic E-state index is -0.256. The van der Waals surface area contributed by atoms with Crippen LogP contribution in [0.4, 0.5) is 5.69 Å². The van der Waals surface area contributed by atoms with Crippen molar-refractivity contribution >= 4 is 29.1 Å². The molecular weight excluding hydrogens is 392 g/mol. The molecule has 0 unspecified atom stereocenters. The topological polar surface area (TPSA) is 87.9 Å². The first-order valence-electron chi connectivity index (χ1n) is 10.4. The molecule has 3 N–H and O–H groups in total. The summed E-state index contributed by atoms with van der Waals surface area (Å²) < 4.78 is 5.78. The van der Waals surface area contributed by atoms with E-state index < -0.39 is 0 Å². The number of hydrogen-bond donors (Lipinski definition) is 2. The summed E-state index contributed by atoms with van der Waals surface area (Å²) in [5.41, 5.74) is 6.58. The number of halogens is 1. The smallest absolute Gasteiger partial charge is 0.255 e. The van der Waals surface area contributed by atoms with Crippen molar-refractivity contribution in [3.05, 3.63) is 22.7 Å². The molecule has 29 heavy (non-hydrogen) atoms. The van der Waals surface area contributed by atoms with Gasteiger partial charge < -0.3 is 25.6 Å². The van der Waals surface area contributed by atoms with E-state index in [0.29, 0.717) is 61.1 Å². The number of anilines is 1. The number of nitrogens with zero attached hydrogens (tertiary/aromatic N) is 2. The van der Waals surface area contributed by atoms with Gasteiger partial charge in [-0.1, -0.05) is 25.4 Å². The highest BCUT2D eigenvalue weighted by Crippen LogP contribution is 2.29. The molecule has 0 saturated heterocycles. The van der Waals surface area contributed by atoms with Gasteiger partial charge in [0.15, 0.2) is 0 Å². The van der Waals surface area contributed by atoms with Crippen molar-refractivity contribution in [2.75, 3.05) is 51.6 Å². The van der Waals surface area contributed by atoms with E-state index in [-0.39, 0.29) is 11.8 Å². The van der Waals surface area contributed by atoms with Crippen molar-refractivity contribution in [2.24, 2.45) is 0 Å². The van der Waals surface area contributed by atoms with Crippen LogP contribution in [0, 0.1) is 0 Å². The maximum absolute atomic E-state index is 12.6. The SMILES string of the molecule is CCN(CC)CCNC(=O)c1cc(Cl)c(N)cc1OCCCC(=O)N(CC)CC. The van der Waals surface area contributed by atoms with Gasteiger partial charge in [0.25, 0.3) is 5.91 Å². The molecule has 0 radical (unpaired) electrons. The summed E-state index contributed by atoms with van der Waals surface area (Å²) in [6.07, 6.45) is 0.955. The van der Waals surface area contributed by atoms with Crippen LogP contribution in [0.15, 0.2) is 12.1 Å². The summed E-state index contributed by atoms with van der Waals surface area (Å²) in [5.74, 6) is 0.222. The Kier molecular flexibility index (Phi) is 11.5. The molecule has 2 amide bonds. The third-order valence-corrected chi connectivity index (χ3v) is 5.19. The largest absolute Gasteiger partial charge is 0.493 e. The highest BCUT2D eigenvalue weighted by atomic mass is 35.5. The van der Waals surface area contributed by atoms with Gasteiger partial charge in [0.2, 0.25) is 5.91 Å². The second-order valence-corrected chi connectivity index (χ2v) is 7.08. The quantitative estimate of drug-likeness (QED) is 0.374. The molecule has 8 heteroatoms. The number of carbonyl (C=O) groups excluding carboxylic acids is 2. The molecule has 0 aliphatic heterocycles. The predicted molar refractivity (Wildman–Crippen MR) is 119 cm³/mol. The van der Waals surface area contributed by atoms with Crippen molar-refractivity contribution in [1.82, 2.24) is 15.1 Å². The van der Waals surface area contributed by atoms with Crippen molar-refractivity contribution in [1.29, 1.82) is 0 Å². The van der Waals surface area contributed by atoms with Crippen LogP contribution in [-0.4, -0.2) is 67.5 Å². The van der Waals surface area contributed by atoms with Crippen LogP contribution in [-0.2, 0) is 4.79 Å². The maximum Gasteiger partial charge on any atom is 0.255 e. The Morgan fingerprint density at radius 2 is 1.76 bits per heavy atom. The van der Waals surface area contributed by atoms with Crippen molar-refractivity contribution in [3.8, 4) is 5.75 Å². The first kappa shape index (κ1) is 25.0. The average Bonchev–Trinajstić information content (AvgIpc) is 2.71. The van der Waals surface area contributed by atoms with Gasteiger partial charge in [-0.15, -0.1) is 0 Å². The zero-order valence-electron chi connectivity index (χ0n) is 18.1. The highest BCUT2D eigenvalue weighted by Gasteiger charge is 2.16. The lowest BCUT2D eigenvalue weighted by molar-refractivity contribution is -0.131. The van der Waals surface area contributed by atoms with Gasteiger partial charge in [-0.3, -0.25) is 9.59 Å². The molecular formula is C21H35ClN4O3. The number of likely N-dealkylation sites (N-methyl/N-ethyl adjacent to an activating group) is 1. The zero-order chi connectivity index (χ0) is 21.8. The molecule has 1 aromatic rings. The molecule has 0 saturated carbocycles. The Labute approximate surface area is 179 Å². The molecule has 0 aliphatic carbocycles. The Morgan fingerprint density at radius 1 is 1.10 bits per heavy atom. The third kappa shape index (κ3) is 8.11. The van der Waals surface area contributed by atoms with Crippen molar-refractivity contribution in [3.63, 3.8) is 0 Å². The summed E-state index contributed by atoms with van der Waals surface area (Å²) in [7, 11) is 0. The molecule has 0 fully saturated rings. The molecule has 1 rings (SSSR count). The third-order valence-electron chi connectivity index (χ3n) is 4.86. The Hall–Kier alpha value is -1.99. The van der Waals surface area contributed by atoms with E-state index in [1.165, 1.54) is 6.07 Å². The van der Waals surface area contributed by atoms with E-state index in [9.17, 15) is 9.59 Å². The van der Waals surface area contributed by atoms with Crippen LogP contribution < -0.4 is 15.8 Å². The second kappa shape index (κ2) is 13.3. The molecule has 164 valence electrons. The lowest BCUT2D eigenvalue weighted by Gasteiger charge is -2.19. The highest BCUT2D eigenvalue weighted by molar-refractivity contribution is 6.33. The number of nitrogens with two attached hydrogens (primary N) is 1. The van der Waals surface area contributed by atoms with E-state index >= 15 is 0 Å². The lowest BCUT2D eigenvalue weighted by Crippen LogP contribution is -2.35. The van der Waals surface area contributed by atoms with E-state index in [1.807, 2.05) is 13.8 Å². The van der Waals surface area contributed by atoms with E-state index in [1.54, 1.807) is 11.0 Å². The molecule has 0 atom stereocenters. The molecule has 1 aromatic carbocycles. The standard InChI is InChI=1S/C21H35ClN4O3/c1-5-25(6-2)12-11-24-21(28)16-14-17(22)18(23)15-19(16)29-13-9-10-20(27)26(7-3)8-4/h14-15H,5-13,23H2,1-4H3,(H,24,28). The van der Waals surface area contributed by atoms with Crippen LogP contribution in [0.5, 0.6) is 5.75 Å². The number of amides is 2. The number of carbonyl (C=O) groups is 2. The van der Waals surface area contributed by atoms with Crippen LogP contribution >= 0.6 is 11.6 Å². The maximum atomic E-state index is 12.6. The fourth-order valence-electron chi connectivity index (χ4n) is 2.97. The zero-order valence-corrected chi connectivity index (χ0v) is 18.8. The van der Waals surface area contributed by atoms with Gasteiger partial charge in [-0.2, -0.15) is 0 Å². The average molecular weight is 427 g/mol. The van der Waals surface area contributed by atoms with E-state index in [2.05, 4.69) is 24.1 Å². The number of rotatable bonds is 13. The van der Waals surface area contributed by atoms with E-state index in [0.717, 1.165) is 19.6 Å².